The van der Waals surface area contributed by atoms with Crippen molar-refractivity contribution in [3.05, 3.63) is 96.1 Å². The predicted molar refractivity (Wildman–Crippen MR) is 117 cm³/mol. The van der Waals surface area contributed by atoms with Crippen LogP contribution in [0.25, 0.3) is 0 Å². The fourth-order valence-electron chi connectivity index (χ4n) is 3.30. The van der Waals surface area contributed by atoms with Crippen LogP contribution in [-0.2, 0) is 30.9 Å². The lowest BCUT2D eigenvalue weighted by molar-refractivity contribution is 0.386. The molecule has 3 aromatic rings. The van der Waals surface area contributed by atoms with E-state index in [9.17, 15) is 12.6 Å². The summed E-state index contributed by atoms with van der Waals surface area (Å²) < 4.78 is 49.5. The minimum absolute atomic E-state index is 0.0261. The minimum atomic E-state index is -4.11. The Hall–Kier alpha value is -2.48. The van der Waals surface area contributed by atoms with E-state index in [1.54, 1.807) is 42.5 Å². The zero-order valence-electron chi connectivity index (χ0n) is 16.5. The van der Waals surface area contributed by atoms with Crippen molar-refractivity contribution in [2.75, 3.05) is 0 Å². The molecule has 1 unspecified atom stereocenters. The summed E-state index contributed by atoms with van der Waals surface area (Å²) in [5, 5.41) is 0. The Morgan fingerprint density at radius 2 is 1.40 bits per heavy atom. The molecule has 1 saturated heterocycles. The maximum atomic E-state index is 14.0. The lowest BCUT2D eigenvalue weighted by Crippen LogP contribution is -2.15. The van der Waals surface area contributed by atoms with Gasteiger partial charge in [-0.25, -0.2) is 4.21 Å². The SMILES string of the molecule is Cc1ccc(S(=O)(=O)N=S(=O)(c2ccccc2)[C@H]2O[C@H]2CCc2ccccc2)cc1. The van der Waals surface area contributed by atoms with E-state index >= 15 is 0 Å². The first kappa shape index (κ1) is 20.8. The van der Waals surface area contributed by atoms with E-state index in [0.29, 0.717) is 11.3 Å². The van der Waals surface area contributed by atoms with E-state index in [2.05, 4.69) is 3.77 Å². The smallest absolute Gasteiger partial charge is 0.290 e. The molecular formula is C23H23NO4S2. The highest BCUT2D eigenvalue weighted by Crippen LogP contribution is 2.38. The number of rotatable bonds is 7. The van der Waals surface area contributed by atoms with E-state index in [1.165, 1.54) is 12.1 Å². The number of nitrogens with zero attached hydrogens (tertiary/aromatic N) is 1. The molecule has 3 atom stereocenters. The molecule has 5 nitrogen and oxygen atoms in total. The zero-order chi connectivity index (χ0) is 21.2. The minimum Gasteiger partial charge on any atom is -0.354 e. The van der Waals surface area contributed by atoms with Crippen molar-refractivity contribution >= 4 is 19.8 Å². The van der Waals surface area contributed by atoms with Crippen LogP contribution in [0.1, 0.15) is 17.5 Å². The van der Waals surface area contributed by atoms with Crippen molar-refractivity contribution in [1.29, 1.82) is 0 Å². The number of benzene rings is 3. The van der Waals surface area contributed by atoms with Crippen LogP contribution in [0.2, 0.25) is 0 Å². The van der Waals surface area contributed by atoms with Gasteiger partial charge in [-0.3, -0.25) is 0 Å². The van der Waals surface area contributed by atoms with Crippen LogP contribution in [-0.4, -0.2) is 24.2 Å². The molecule has 4 rings (SSSR count). The van der Waals surface area contributed by atoms with Gasteiger partial charge in [-0.05, 0) is 49.6 Å². The van der Waals surface area contributed by atoms with Crippen molar-refractivity contribution in [3.63, 3.8) is 0 Å². The van der Waals surface area contributed by atoms with Gasteiger partial charge in [0, 0.05) is 0 Å². The van der Waals surface area contributed by atoms with E-state index in [1.807, 2.05) is 37.3 Å². The number of aryl methyl sites for hydroxylation is 2. The van der Waals surface area contributed by atoms with E-state index < -0.39 is 25.2 Å². The van der Waals surface area contributed by atoms with Gasteiger partial charge in [0.25, 0.3) is 10.0 Å². The summed E-state index contributed by atoms with van der Waals surface area (Å²) in [6.07, 6.45) is 1.12. The fourth-order valence-corrected chi connectivity index (χ4v) is 7.63. The van der Waals surface area contributed by atoms with Crippen LogP contribution in [0.15, 0.2) is 98.5 Å². The summed E-state index contributed by atoms with van der Waals surface area (Å²) in [5.41, 5.74) is 1.34. The Kier molecular flexibility index (Phi) is 5.77. The predicted octanol–water partition coefficient (Wildman–Crippen LogP) is 4.57. The van der Waals surface area contributed by atoms with Crippen molar-refractivity contribution in [2.24, 2.45) is 3.77 Å². The van der Waals surface area contributed by atoms with Crippen LogP contribution in [0, 0.1) is 6.92 Å². The summed E-state index contributed by atoms with van der Waals surface area (Å²) in [7, 11) is -7.44. The van der Waals surface area contributed by atoms with Crippen molar-refractivity contribution in [1.82, 2.24) is 0 Å². The Morgan fingerprint density at radius 3 is 2.03 bits per heavy atom. The third kappa shape index (κ3) is 4.48. The Labute approximate surface area is 178 Å². The lowest BCUT2D eigenvalue weighted by Gasteiger charge is -2.09. The third-order valence-corrected chi connectivity index (χ3v) is 9.55. The first-order chi connectivity index (χ1) is 14.4. The normalized spacial score (nSPS) is 20.3. The maximum Gasteiger partial charge on any atom is 0.290 e. The number of sulfonamides is 1. The van der Waals surface area contributed by atoms with Gasteiger partial charge in [-0.15, -0.1) is 0 Å². The molecule has 0 amide bonds. The van der Waals surface area contributed by atoms with Gasteiger partial charge >= 0.3 is 0 Å². The van der Waals surface area contributed by atoms with Crippen molar-refractivity contribution in [3.8, 4) is 0 Å². The highest BCUT2D eigenvalue weighted by Gasteiger charge is 2.48. The molecule has 0 bridgehead atoms. The number of hydrogen-bond donors (Lipinski definition) is 0. The molecule has 0 radical (unpaired) electrons. The number of epoxide rings is 1. The molecule has 1 aliphatic rings. The van der Waals surface area contributed by atoms with E-state index in [-0.39, 0.29) is 11.0 Å². The molecule has 0 aliphatic carbocycles. The molecule has 3 aromatic carbocycles. The van der Waals surface area contributed by atoms with Gasteiger partial charge < -0.3 is 4.74 Å². The highest BCUT2D eigenvalue weighted by atomic mass is 32.3. The largest absolute Gasteiger partial charge is 0.354 e. The second kappa shape index (κ2) is 8.34. The third-order valence-electron chi connectivity index (χ3n) is 5.02. The maximum absolute atomic E-state index is 14.0. The molecule has 0 spiro atoms. The van der Waals surface area contributed by atoms with E-state index in [4.69, 9.17) is 4.74 Å². The van der Waals surface area contributed by atoms with Gasteiger partial charge in [0.2, 0.25) is 0 Å². The average molecular weight is 442 g/mol. The zero-order valence-corrected chi connectivity index (χ0v) is 18.2. The number of hydrogen-bond acceptors (Lipinski definition) is 4. The molecule has 1 fully saturated rings. The number of ether oxygens (including phenoxy) is 1. The molecule has 0 saturated carbocycles. The molecule has 1 aliphatic heterocycles. The summed E-state index contributed by atoms with van der Waals surface area (Å²) in [6, 6.07) is 24.8. The second-order valence-electron chi connectivity index (χ2n) is 7.31. The second-order valence-corrected chi connectivity index (χ2v) is 11.4. The van der Waals surface area contributed by atoms with Crippen molar-refractivity contribution in [2.45, 2.75) is 41.1 Å². The lowest BCUT2D eigenvalue weighted by atomic mass is 10.1. The summed E-state index contributed by atoms with van der Waals surface area (Å²) in [6.45, 7) is 1.87. The van der Waals surface area contributed by atoms with Crippen molar-refractivity contribution < 1.29 is 17.4 Å². The molecule has 0 aromatic heterocycles. The van der Waals surface area contributed by atoms with Crippen LogP contribution >= 0.6 is 0 Å². The quantitative estimate of drug-likeness (QED) is 0.503. The van der Waals surface area contributed by atoms with Gasteiger partial charge in [0.15, 0.2) is 5.44 Å². The molecule has 156 valence electrons. The van der Waals surface area contributed by atoms with E-state index in [0.717, 1.165) is 17.5 Å². The van der Waals surface area contributed by atoms with Crippen LogP contribution in [0.4, 0.5) is 0 Å². The van der Waals surface area contributed by atoms with Crippen LogP contribution < -0.4 is 0 Å². The monoisotopic (exact) mass is 441 g/mol. The molecule has 0 N–H and O–H groups in total. The molecule has 1 heterocycles. The summed E-state index contributed by atoms with van der Waals surface area (Å²) in [4.78, 5) is 0.395. The Balaban J connectivity index is 1.66. The fraction of sp³-hybridized carbons (Fsp3) is 0.217. The van der Waals surface area contributed by atoms with Gasteiger partial charge in [0.05, 0.1) is 15.9 Å². The standard InChI is InChI=1S/C23H23NO4S2/c1-18-12-15-21(16-13-18)30(26,27)24-29(25,20-10-6-3-7-11-20)23-22(28-23)17-14-19-8-4-2-5-9-19/h2-13,15-16,22-23H,14,17H2,1H3/t22-,23+,29?/m0/s1. The highest BCUT2D eigenvalue weighted by molar-refractivity contribution is 8.03. The van der Waals surface area contributed by atoms with Crippen LogP contribution in [0.5, 0.6) is 0 Å². The first-order valence-corrected chi connectivity index (χ1v) is 12.7. The van der Waals surface area contributed by atoms with Crippen LogP contribution in [0.3, 0.4) is 0 Å². The Bertz CT molecular complexity index is 1230. The molecular weight excluding hydrogens is 418 g/mol. The average Bonchev–Trinajstić information content (AvgIpc) is 3.54. The Morgan fingerprint density at radius 1 is 0.800 bits per heavy atom. The summed E-state index contributed by atoms with van der Waals surface area (Å²) in [5.74, 6) is 0. The first-order valence-electron chi connectivity index (χ1n) is 9.72. The topological polar surface area (TPSA) is 76.1 Å². The van der Waals surface area contributed by atoms with Gasteiger partial charge in [0.1, 0.15) is 9.73 Å². The summed E-state index contributed by atoms with van der Waals surface area (Å²) >= 11 is 0. The molecule has 7 heteroatoms. The van der Waals surface area contributed by atoms with Gasteiger partial charge in [-0.2, -0.15) is 8.42 Å². The van der Waals surface area contributed by atoms with Gasteiger partial charge in [-0.1, -0.05) is 70.0 Å². The molecule has 30 heavy (non-hydrogen) atoms.